The third-order valence-corrected chi connectivity index (χ3v) is 1.94. The minimum atomic E-state index is -0.628. The zero-order valence-corrected chi connectivity index (χ0v) is 11.0. The van der Waals surface area contributed by atoms with Crippen LogP contribution >= 0.6 is 11.8 Å². The van der Waals surface area contributed by atoms with E-state index in [1.807, 2.05) is 13.8 Å². The third kappa shape index (κ3) is 8.55. The summed E-state index contributed by atoms with van der Waals surface area (Å²) in [5, 5.41) is 0.297. The van der Waals surface area contributed by atoms with Gasteiger partial charge in [-0.05, 0) is 27.0 Å². The van der Waals surface area contributed by atoms with Gasteiger partial charge in [-0.25, -0.2) is 4.79 Å². The van der Waals surface area contributed by atoms with Crippen LogP contribution in [0.15, 0.2) is 4.99 Å². The number of ether oxygens (including phenoxy) is 3. The molecule has 0 rings (SSSR count). The highest BCUT2D eigenvalue weighted by atomic mass is 32.2. The van der Waals surface area contributed by atoms with Crippen LogP contribution in [0.2, 0.25) is 0 Å². The second-order valence-corrected chi connectivity index (χ2v) is 3.81. The van der Waals surface area contributed by atoms with Crippen LogP contribution in [-0.2, 0) is 14.2 Å². The molecule has 1 amide bonds. The molecule has 0 N–H and O–H groups in total. The molecule has 0 bridgehead atoms. The van der Waals surface area contributed by atoms with Gasteiger partial charge in [-0.2, -0.15) is 0 Å². The monoisotopic (exact) mass is 249 g/mol. The molecule has 0 unspecified atom stereocenters. The lowest BCUT2D eigenvalue weighted by atomic mass is 10.5. The molecule has 0 spiro atoms. The smallest absolute Gasteiger partial charge is 0.437 e. The fraction of sp³-hybridized carbons (Fsp3) is 0.800. The molecule has 0 aliphatic heterocycles. The standard InChI is InChI=1S/C10H19NO4S/c1-5-13-9(12)11-10(16-4)15-7-6-14-8(2)3/h8H,5-7H2,1-4H3/b11-10+. The number of rotatable bonds is 5. The molecule has 5 nitrogen and oxygen atoms in total. The molecule has 0 saturated heterocycles. The Labute approximate surface area is 101 Å². The Bertz CT molecular complexity index is 231. The lowest BCUT2D eigenvalue weighted by molar-refractivity contribution is 0.0535. The van der Waals surface area contributed by atoms with Crippen LogP contribution in [0.5, 0.6) is 0 Å². The molecule has 6 heteroatoms. The van der Waals surface area contributed by atoms with Crippen molar-refractivity contribution in [3.63, 3.8) is 0 Å². The highest BCUT2D eigenvalue weighted by molar-refractivity contribution is 8.13. The van der Waals surface area contributed by atoms with E-state index in [-0.39, 0.29) is 6.10 Å². The highest BCUT2D eigenvalue weighted by Crippen LogP contribution is 2.02. The van der Waals surface area contributed by atoms with E-state index >= 15 is 0 Å². The molecule has 0 aromatic rings. The number of carbonyl (C=O) groups is 1. The van der Waals surface area contributed by atoms with E-state index in [0.29, 0.717) is 25.1 Å². The van der Waals surface area contributed by atoms with Gasteiger partial charge in [0.2, 0.25) is 0 Å². The number of nitrogens with zero attached hydrogens (tertiary/aromatic N) is 1. The van der Waals surface area contributed by atoms with Crippen LogP contribution in [0, 0.1) is 0 Å². The summed E-state index contributed by atoms with van der Waals surface area (Å²) in [4.78, 5) is 14.7. The zero-order valence-electron chi connectivity index (χ0n) is 10.2. The Morgan fingerprint density at radius 3 is 2.50 bits per heavy atom. The average molecular weight is 249 g/mol. The number of amides is 1. The summed E-state index contributed by atoms with van der Waals surface area (Å²) in [5.74, 6) is 0. The van der Waals surface area contributed by atoms with Gasteiger partial charge in [0, 0.05) is 0 Å². The van der Waals surface area contributed by atoms with Gasteiger partial charge in [0.05, 0.1) is 19.3 Å². The molecule has 0 aliphatic carbocycles. The van der Waals surface area contributed by atoms with E-state index in [1.165, 1.54) is 11.8 Å². The van der Waals surface area contributed by atoms with Gasteiger partial charge in [-0.3, -0.25) is 0 Å². The van der Waals surface area contributed by atoms with E-state index in [9.17, 15) is 4.79 Å². The molecule has 0 aromatic carbocycles. The Balaban J connectivity index is 3.86. The Morgan fingerprint density at radius 1 is 1.31 bits per heavy atom. The van der Waals surface area contributed by atoms with Crippen LogP contribution in [0.4, 0.5) is 4.79 Å². The summed E-state index contributed by atoms with van der Waals surface area (Å²) in [6.07, 6.45) is 1.32. The molecule has 0 heterocycles. The summed E-state index contributed by atoms with van der Waals surface area (Å²) in [6, 6.07) is 0. The molecule has 0 radical (unpaired) electrons. The quantitative estimate of drug-likeness (QED) is 0.425. The molecule has 16 heavy (non-hydrogen) atoms. The van der Waals surface area contributed by atoms with Gasteiger partial charge in [-0.1, -0.05) is 11.8 Å². The van der Waals surface area contributed by atoms with Gasteiger partial charge < -0.3 is 14.2 Å². The molecule has 0 aromatic heterocycles. The highest BCUT2D eigenvalue weighted by Gasteiger charge is 2.04. The summed E-state index contributed by atoms with van der Waals surface area (Å²) in [7, 11) is 0. The van der Waals surface area contributed by atoms with Crippen molar-refractivity contribution in [3.05, 3.63) is 0 Å². The van der Waals surface area contributed by atoms with Gasteiger partial charge in [0.15, 0.2) is 0 Å². The first-order chi connectivity index (χ1) is 7.60. The summed E-state index contributed by atoms with van der Waals surface area (Å²) >= 11 is 1.25. The third-order valence-electron chi connectivity index (χ3n) is 1.39. The fourth-order valence-electron chi connectivity index (χ4n) is 0.780. The Hall–Kier alpha value is -0.750. The molecule has 0 fully saturated rings. The van der Waals surface area contributed by atoms with E-state index in [4.69, 9.17) is 9.47 Å². The largest absolute Gasteiger partial charge is 0.470 e. The van der Waals surface area contributed by atoms with Crippen molar-refractivity contribution in [2.45, 2.75) is 26.9 Å². The zero-order chi connectivity index (χ0) is 12.4. The second-order valence-electron chi connectivity index (χ2n) is 3.05. The van der Waals surface area contributed by atoms with Crippen molar-refractivity contribution in [2.75, 3.05) is 26.1 Å². The molecule has 0 saturated carbocycles. The minimum Gasteiger partial charge on any atom is -0.470 e. The normalized spacial score (nSPS) is 11.7. The molecular formula is C10H19NO4S. The van der Waals surface area contributed by atoms with Crippen LogP contribution in [0.25, 0.3) is 0 Å². The lowest BCUT2D eigenvalue weighted by Gasteiger charge is -2.09. The van der Waals surface area contributed by atoms with Crippen molar-refractivity contribution in [1.82, 2.24) is 0 Å². The molecular weight excluding hydrogens is 230 g/mol. The summed E-state index contributed by atoms with van der Waals surface area (Å²) in [5.41, 5.74) is 0. The Kier molecular flexibility index (Phi) is 9.03. The van der Waals surface area contributed by atoms with E-state index < -0.39 is 6.09 Å². The van der Waals surface area contributed by atoms with Crippen molar-refractivity contribution in [2.24, 2.45) is 4.99 Å². The van der Waals surface area contributed by atoms with Crippen LogP contribution < -0.4 is 0 Å². The predicted molar refractivity (Wildman–Crippen MR) is 65.0 cm³/mol. The van der Waals surface area contributed by atoms with Gasteiger partial charge in [0.25, 0.3) is 5.23 Å². The molecule has 0 aliphatic rings. The van der Waals surface area contributed by atoms with E-state index in [2.05, 4.69) is 9.73 Å². The summed E-state index contributed by atoms with van der Waals surface area (Å²) in [6.45, 7) is 6.77. The molecule has 94 valence electrons. The second kappa shape index (κ2) is 9.47. The predicted octanol–water partition coefficient (Wildman–Crippen LogP) is 2.30. The first-order valence-corrected chi connectivity index (χ1v) is 6.36. The van der Waals surface area contributed by atoms with Crippen LogP contribution in [-0.4, -0.2) is 43.5 Å². The van der Waals surface area contributed by atoms with Gasteiger partial charge in [0.1, 0.15) is 6.61 Å². The van der Waals surface area contributed by atoms with Crippen molar-refractivity contribution >= 4 is 23.1 Å². The van der Waals surface area contributed by atoms with Crippen LogP contribution in [0.1, 0.15) is 20.8 Å². The van der Waals surface area contributed by atoms with Crippen molar-refractivity contribution < 1.29 is 19.0 Å². The number of thioether (sulfide) groups is 1. The maximum atomic E-state index is 11.0. The maximum absolute atomic E-state index is 11.0. The van der Waals surface area contributed by atoms with Crippen LogP contribution in [0.3, 0.4) is 0 Å². The number of aliphatic imine (C=N–C) groups is 1. The number of hydrogen-bond acceptors (Lipinski definition) is 5. The first-order valence-electron chi connectivity index (χ1n) is 5.14. The SMILES string of the molecule is CCOC(=O)/N=C(\OCCOC(C)C)SC. The van der Waals surface area contributed by atoms with Gasteiger partial charge in [-0.15, -0.1) is 4.99 Å². The number of hydrogen-bond donors (Lipinski definition) is 0. The maximum Gasteiger partial charge on any atom is 0.437 e. The average Bonchev–Trinajstić information content (AvgIpc) is 2.22. The summed E-state index contributed by atoms with van der Waals surface area (Å²) < 4.78 is 15.2. The lowest BCUT2D eigenvalue weighted by Crippen LogP contribution is -2.13. The van der Waals surface area contributed by atoms with Crippen molar-refractivity contribution in [1.29, 1.82) is 0 Å². The fourth-order valence-corrected chi connectivity index (χ4v) is 1.15. The molecule has 0 atom stereocenters. The first kappa shape index (κ1) is 15.2. The van der Waals surface area contributed by atoms with E-state index in [0.717, 1.165) is 0 Å². The number of carbonyl (C=O) groups excluding carboxylic acids is 1. The van der Waals surface area contributed by atoms with E-state index in [1.54, 1.807) is 13.2 Å². The Morgan fingerprint density at radius 2 is 2.00 bits per heavy atom. The van der Waals surface area contributed by atoms with Gasteiger partial charge >= 0.3 is 6.09 Å². The van der Waals surface area contributed by atoms with Crippen molar-refractivity contribution in [3.8, 4) is 0 Å². The topological polar surface area (TPSA) is 57.1 Å². The minimum absolute atomic E-state index is 0.170.